The molecule has 0 radical (unpaired) electrons. The van der Waals surface area contributed by atoms with Gasteiger partial charge in [0, 0.05) is 12.4 Å². The fraction of sp³-hybridized carbons (Fsp3) is 0.467. The molecule has 5 rings (SSSR count). The van der Waals surface area contributed by atoms with Crippen molar-refractivity contribution in [2.45, 2.75) is 64.8 Å². The summed E-state index contributed by atoms with van der Waals surface area (Å²) in [4.78, 5) is 25.4. The molecule has 1 fully saturated rings. The number of carbonyl (C=O) groups is 1. The number of ether oxygens (including phenoxy) is 2. The highest BCUT2D eigenvalue weighted by Gasteiger charge is 2.56. The Morgan fingerprint density at radius 2 is 1.93 bits per heavy atom. The van der Waals surface area contributed by atoms with E-state index in [1.165, 1.54) is 31.1 Å². The van der Waals surface area contributed by atoms with E-state index in [-0.39, 0.29) is 23.4 Å². The Bertz CT molecular complexity index is 1720. The molecule has 1 unspecified atom stereocenters. The number of aliphatic hydroxyl groups is 1. The molecular weight excluding hydrogens is 606 g/mol. The second kappa shape index (κ2) is 12.6. The monoisotopic (exact) mass is 644 g/mol. The van der Waals surface area contributed by atoms with Gasteiger partial charge in [0.05, 0.1) is 19.5 Å². The average molecular weight is 645 g/mol. The van der Waals surface area contributed by atoms with Crippen molar-refractivity contribution < 1.29 is 37.4 Å². The van der Waals surface area contributed by atoms with Crippen LogP contribution in [0.4, 0.5) is 10.2 Å². The van der Waals surface area contributed by atoms with Gasteiger partial charge in [-0.3, -0.25) is 13.9 Å². The molecule has 6 atom stereocenters. The maximum absolute atomic E-state index is 16.1. The maximum atomic E-state index is 16.1. The number of alkyl halides is 1. The van der Waals surface area contributed by atoms with Gasteiger partial charge in [0.2, 0.25) is 0 Å². The normalized spacial score (nSPS) is 24.0. The van der Waals surface area contributed by atoms with E-state index in [2.05, 4.69) is 25.4 Å². The summed E-state index contributed by atoms with van der Waals surface area (Å²) >= 11 is 0. The van der Waals surface area contributed by atoms with Crippen LogP contribution >= 0.6 is 7.75 Å². The first-order valence-corrected chi connectivity index (χ1v) is 16.0. The second-order valence-electron chi connectivity index (χ2n) is 12.3. The SMILES string of the molecule is CNc1ncnc2c1ncn2[C@@H]1O[C@H](COP(=O)(N[C@@H](C)C(=O)OCC(C)(C)C)Oc2cccc3ccccc23)[C@@H](O)[C@@]1(C)F. The minimum atomic E-state index is -4.38. The summed E-state index contributed by atoms with van der Waals surface area (Å²) in [5.74, 6) is -0.00518. The summed E-state index contributed by atoms with van der Waals surface area (Å²) in [5, 5.41) is 18.0. The number of aromatic nitrogens is 4. The topological polar surface area (TPSA) is 159 Å². The number of fused-ring (bicyclic) bond motifs is 2. The van der Waals surface area contributed by atoms with Crippen LogP contribution in [0, 0.1) is 5.41 Å². The standard InChI is InChI=1S/C30H38FN6O7P/c1-18(27(39)41-15-29(2,3)4)36-45(40,44-21-13-9-11-19-10-7-8-12-20(19)21)42-14-22-24(38)30(5,31)28(43-22)37-17-35-23-25(32-6)33-16-34-26(23)37/h7-13,16-18,22,24,28,38H,14-15H2,1-6H3,(H,36,40)(H,32,33,34)/t18-,22+,24+,28+,30+,45?/m0/s1. The van der Waals surface area contributed by atoms with Crippen molar-refractivity contribution in [3.63, 3.8) is 0 Å². The highest BCUT2D eigenvalue weighted by molar-refractivity contribution is 7.52. The molecule has 0 spiro atoms. The van der Waals surface area contributed by atoms with Crippen LogP contribution < -0.4 is 14.9 Å². The fourth-order valence-corrected chi connectivity index (χ4v) is 6.45. The zero-order valence-electron chi connectivity index (χ0n) is 25.9. The smallest absolute Gasteiger partial charge is 0.459 e. The van der Waals surface area contributed by atoms with Crippen LogP contribution in [0.2, 0.25) is 0 Å². The first-order chi connectivity index (χ1) is 21.2. The molecule has 0 saturated carbocycles. The lowest BCUT2D eigenvalue weighted by Crippen LogP contribution is -2.41. The van der Waals surface area contributed by atoms with Gasteiger partial charge >= 0.3 is 13.7 Å². The Morgan fingerprint density at radius 3 is 2.67 bits per heavy atom. The van der Waals surface area contributed by atoms with Gasteiger partial charge in [-0.1, -0.05) is 57.2 Å². The number of halogens is 1. The number of anilines is 1. The molecule has 2 aromatic heterocycles. The number of imidazole rings is 1. The molecule has 3 heterocycles. The molecule has 0 aliphatic carbocycles. The third-order valence-electron chi connectivity index (χ3n) is 7.29. The highest BCUT2D eigenvalue weighted by atomic mass is 31.2. The molecule has 0 amide bonds. The molecule has 15 heteroatoms. The molecule has 45 heavy (non-hydrogen) atoms. The number of hydrogen-bond donors (Lipinski definition) is 3. The summed E-state index contributed by atoms with van der Waals surface area (Å²) < 4.78 is 54.9. The van der Waals surface area contributed by atoms with Gasteiger partial charge in [-0.15, -0.1) is 0 Å². The first kappa shape index (κ1) is 32.7. The lowest BCUT2D eigenvalue weighted by atomic mass is 9.98. The van der Waals surface area contributed by atoms with E-state index < -0.39 is 50.5 Å². The molecule has 0 bridgehead atoms. The van der Waals surface area contributed by atoms with Gasteiger partial charge in [0.25, 0.3) is 0 Å². The Balaban J connectivity index is 1.39. The van der Waals surface area contributed by atoms with Crippen molar-refractivity contribution in [3.05, 3.63) is 55.1 Å². The summed E-state index contributed by atoms with van der Waals surface area (Å²) in [6.07, 6.45) is -1.70. The van der Waals surface area contributed by atoms with Gasteiger partial charge in [-0.05, 0) is 30.7 Å². The minimum absolute atomic E-state index is 0.134. The van der Waals surface area contributed by atoms with Gasteiger partial charge < -0.3 is 24.4 Å². The largest absolute Gasteiger partial charge is 0.464 e. The van der Waals surface area contributed by atoms with Gasteiger partial charge in [0.1, 0.15) is 35.8 Å². The lowest BCUT2D eigenvalue weighted by molar-refractivity contribution is -0.148. The number of carbonyl (C=O) groups excluding carboxylic acids is 1. The maximum Gasteiger partial charge on any atom is 0.459 e. The Kier molecular flexibility index (Phi) is 9.16. The van der Waals surface area contributed by atoms with Crippen LogP contribution in [0.5, 0.6) is 5.75 Å². The lowest BCUT2D eigenvalue weighted by Gasteiger charge is -2.26. The molecule has 1 aliphatic rings. The van der Waals surface area contributed by atoms with E-state index in [9.17, 15) is 14.5 Å². The number of hydrogen-bond acceptors (Lipinski definition) is 11. The van der Waals surface area contributed by atoms with Crippen molar-refractivity contribution in [2.75, 3.05) is 25.6 Å². The van der Waals surface area contributed by atoms with E-state index >= 15 is 4.39 Å². The highest BCUT2D eigenvalue weighted by Crippen LogP contribution is 2.49. The Morgan fingerprint density at radius 1 is 1.20 bits per heavy atom. The van der Waals surface area contributed by atoms with Gasteiger partial charge in [-0.25, -0.2) is 23.9 Å². The zero-order valence-corrected chi connectivity index (χ0v) is 26.8. The van der Waals surface area contributed by atoms with E-state index in [4.69, 9.17) is 18.5 Å². The predicted octanol–water partition coefficient (Wildman–Crippen LogP) is 4.78. The Hall–Kier alpha value is -3.68. The van der Waals surface area contributed by atoms with Crippen LogP contribution in [0.1, 0.15) is 40.8 Å². The molecular formula is C30H38FN6O7P. The van der Waals surface area contributed by atoms with Crippen molar-refractivity contribution in [1.82, 2.24) is 24.6 Å². The van der Waals surface area contributed by atoms with E-state index in [0.29, 0.717) is 16.7 Å². The Labute approximate surface area is 260 Å². The number of aliphatic hydroxyl groups excluding tert-OH is 1. The third-order valence-corrected chi connectivity index (χ3v) is 8.92. The predicted molar refractivity (Wildman–Crippen MR) is 165 cm³/mol. The van der Waals surface area contributed by atoms with Crippen LogP contribution in [0.25, 0.3) is 21.9 Å². The number of nitrogens with zero attached hydrogens (tertiary/aromatic N) is 4. The summed E-state index contributed by atoms with van der Waals surface area (Å²) in [7, 11) is -2.72. The molecule has 1 saturated heterocycles. The third kappa shape index (κ3) is 6.95. The van der Waals surface area contributed by atoms with E-state index in [1.807, 2.05) is 39.0 Å². The van der Waals surface area contributed by atoms with Crippen LogP contribution in [0.15, 0.2) is 55.1 Å². The molecule has 2 aromatic carbocycles. The number of benzene rings is 2. The number of rotatable bonds is 11. The van der Waals surface area contributed by atoms with Gasteiger partial charge in [-0.2, -0.15) is 5.09 Å². The van der Waals surface area contributed by atoms with Crippen molar-refractivity contribution in [2.24, 2.45) is 5.41 Å². The van der Waals surface area contributed by atoms with Crippen LogP contribution in [0.3, 0.4) is 0 Å². The van der Waals surface area contributed by atoms with Crippen LogP contribution in [-0.2, 0) is 23.4 Å². The van der Waals surface area contributed by atoms with E-state index in [1.54, 1.807) is 31.3 Å². The molecule has 13 nitrogen and oxygen atoms in total. The molecule has 4 aromatic rings. The minimum Gasteiger partial charge on any atom is -0.464 e. The summed E-state index contributed by atoms with van der Waals surface area (Å²) in [6.45, 7) is 7.96. The number of nitrogens with one attached hydrogen (secondary N) is 2. The van der Waals surface area contributed by atoms with Gasteiger partial charge in [0.15, 0.2) is 23.4 Å². The molecule has 1 aliphatic heterocycles. The van der Waals surface area contributed by atoms with Crippen LogP contribution in [-0.4, -0.2) is 74.8 Å². The van der Waals surface area contributed by atoms with Crippen molar-refractivity contribution in [1.29, 1.82) is 0 Å². The molecule has 3 N–H and O–H groups in total. The van der Waals surface area contributed by atoms with Crippen molar-refractivity contribution in [3.8, 4) is 5.75 Å². The quantitative estimate of drug-likeness (QED) is 0.152. The summed E-state index contributed by atoms with van der Waals surface area (Å²) in [6, 6.07) is 11.4. The first-order valence-electron chi connectivity index (χ1n) is 14.5. The second-order valence-corrected chi connectivity index (χ2v) is 14.0. The average Bonchev–Trinajstić information content (AvgIpc) is 3.52. The number of esters is 1. The summed E-state index contributed by atoms with van der Waals surface area (Å²) in [5.41, 5.74) is -1.95. The van der Waals surface area contributed by atoms with E-state index in [0.717, 1.165) is 5.39 Å². The fourth-order valence-electron chi connectivity index (χ4n) is 4.93. The van der Waals surface area contributed by atoms with Crippen molar-refractivity contribution >= 4 is 41.5 Å². The zero-order chi connectivity index (χ0) is 32.6. The molecule has 242 valence electrons.